The minimum absolute atomic E-state index is 0.00791. The Morgan fingerprint density at radius 1 is 1.30 bits per heavy atom. The zero-order valence-electron chi connectivity index (χ0n) is 12.0. The van der Waals surface area contributed by atoms with E-state index in [0.717, 1.165) is 12.8 Å². The summed E-state index contributed by atoms with van der Waals surface area (Å²) < 4.78 is 26.8. The molecule has 0 aliphatic carbocycles. The van der Waals surface area contributed by atoms with Crippen molar-refractivity contribution in [3.8, 4) is 0 Å². The van der Waals surface area contributed by atoms with Crippen LogP contribution in [0.4, 0.5) is 0 Å². The van der Waals surface area contributed by atoms with Crippen LogP contribution in [-0.4, -0.2) is 26.0 Å². The monoisotopic (exact) mass is 299 g/mol. The minimum atomic E-state index is -3.66. The van der Waals surface area contributed by atoms with Crippen LogP contribution in [-0.2, 0) is 10.0 Å². The van der Waals surface area contributed by atoms with Gasteiger partial charge in [-0.15, -0.1) is 0 Å². The first-order valence-electron chi connectivity index (χ1n) is 6.65. The molecule has 0 amide bonds. The maximum absolute atomic E-state index is 12.2. The number of aryl methyl sites for hydroxylation is 1. The average molecular weight is 299 g/mol. The van der Waals surface area contributed by atoms with Crippen molar-refractivity contribution < 1.29 is 18.3 Å². The van der Waals surface area contributed by atoms with Crippen molar-refractivity contribution in [2.24, 2.45) is 5.92 Å². The van der Waals surface area contributed by atoms with Crippen LogP contribution in [0.25, 0.3) is 0 Å². The summed E-state index contributed by atoms with van der Waals surface area (Å²) in [6.45, 7) is 6.02. The molecule has 0 fully saturated rings. The topological polar surface area (TPSA) is 83.5 Å². The maximum Gasteiger partial charge on any atom is 0.335 e. The van der Waals surface area contributed by atoms with Gasteiger partial charge >= 0.3 is 5.97 Å². The molecular weight excluding hydrogens is 278 g/mol. The second-order valence-corrected chi connectivity index (χ2v) is 6.58. The van der Waals surface area contributed by atoms with Gasteiger partial charge in [-0.25, -0.2) is 17.9 Å². The molecule has 0 bridgehead atoms. The molecule has 0 atom stereocenters. The first-order valence-corrected chi connectivity index (χ1v) is 8.13. The van der Waals surface area contributed by atoms with Crippen molar-refractivity contribution >= 4 is 16.0 Å². The molecule has 0 spiro atoms. The summed E-state index contributed by atoms with van der Waals surface area (Å²) in [5, 5.41) is 9.03. The number of nitrogens with one attached hydrogen (secondary N) is 1. The van der Waals surface area contributed by atoms with E-state index in [-0.39, 0.29) is 16.4 Å². The van der Waals surface area contributed by atoms with Crippen molar-refractivity contribution in [2.45, 2.75) is 38.5 Å². The standard InChI is InChI=1S/C14H21NO4S/c1-4-11(5-2)9-15-20(18,19)12-7-6-10(3)13(8-12)14(16)17/h6-8,11,15H,4-5,9H2,1-3H3,(H,16,17). The largest absolute Gasteiger partial charge is 0.478 e. The summed E-state index contributed by atoms with van der Waals surface area (Å²) >= 11 is 0. The molecule has 1 aromatic carbocycles. The van der Waals surface area contributed by atoms with E-state index >= 15 is 0 Å². The molecule has 0 heterocycles. The van der Waals surface area contributed by atoms with E-state index in [4.69, 9.17) is 5.11 Å². The highest BCUT2D eigenvalue weighted by atomic mass is 32.2. The highest BCUT2D eigenvalue weighted by Crippen LogP contribution is 2.16. The molecule has 0 unspecified atom stereocenters. The summed E-state index contributed by atoms with van der Waals surface area (Å²) in [6, 6.07) is 4.14. The third kappa shape index (κ3) is 4.05. The molecule has 0 saturated heterocycles. The number of aromatic carboxylic acids is 1. The summed E-state index contributed by atoms with van der Waals surface area (Å²) in [7, 11) is -3.66. The molecule has 1 aromatic rings. The molecule has 0 aliphatic heterocycles. The molecule has 0 saturated carbocycles. The molecule has 1 rings (SSSR count). The number of carboxylic acids is 1. The summed E-state index contributed by atoms with van der Waals surface area (Å²) in [5.41, 5.74) is 0.548. The van der Waals surface area contributed by atoms with Crippen molar-refractivity contribution in [1.29, 1.82) is 0 Å². The van der Waals surface area contributed by atoms with Crippen LogP contribution in [0, 0.1) is 12.8 Å². The van der Waals surface area contributed by atoms with Gasteiger partial charge in [0.2, 0.25) is 10.0 Å². The zero-order valence-corrected chi connectivity index (χ0v) is 12.8. The van der Waals surface area contributed by atoms with Gasteiger partial charge in [0.1, 0.15) is 0 Å². The molecule has 5 nitrogen and oxygen atoms in total. The second-order valence-electron chi connectivity index (χ2n) is 4.82. The summed E-state index contributed by atoms with van der Waals surface area (Å²) in [5.74, 6) is -0.839. The van der Waals surface area contributed by atoms with E-state index < -0.39 is 16.0 Å². The molecule has 20 heavy (non-hydrogen) atoms. The maximum atomic E-state index is 12.2. The van der Waals surface area contributed by atoms with Crippen molar-refractivity contribution in [1.82, 2.24) is 4.72 Å². The van der Waals surface area contributed by atoms with Crippen molar-refractivity contribution in [2.75, 3.05) is 6.54 Å². The molecule has 0 aliphatic rings. The Morgan fingerprint density at radius 3 is 2.40 bits per heavy atom. The zero-order chi connectivity index (χ0) is 15.3. The normalized spacial score (nSPS) is 11.8. The summed E-state index contributed by atoms with van der Waals surface area (Å²) in [6.07, 6.45) is 1.79. The lowest BCUT2D eigenvalue weighted by molar-refractivity contribution is 0.0696. The van der Waals surface area contributed by atoms with Gasteiger partial charge in [0.25, 0.3) is 0 Å². The fourth-order valence-corrected chi connectivity index (χ4v) is 3.03. The van der Waals surface area contributed by atoms with Gasteiger partial charge in [0, 0.05) is 6.54 Å². The second kappa shape index (κ2) is 6.85. The Morgan fingerprint density at radius 2 is 1.90 bits per heavy atom. The molecule has 0 aromatic heterocycles. The lowest BCUT2D eigenvalue weighted by Gasteiger charge is -2.14. The molecule has 2 N–H and O–H groups in total. The Hall–Kier alpha value is -1.40. The summed E-state index contributed by atoms with van der Waals surface area (Å²) in [4.78, 5) is 11.0. The molecule has 112 valence electrons. The van der Waals surface area contributed by atoms with Gasteiger partial charge in [0.05, 0.1) is 10.5 Å². The third-order valence-corrected chi connectivity index (χ3v) is 4.89. The van der Waals surface area contributed by atoms with Crippen molar-refractivity contribution in [3.05, 3.63) is 29.3 Å². The van der Waals surface area contributed by atoms with Crippen LogP contribution in [0.15, 0.2) is 23.1 Å². The fourth-order valence-electron chi connectivity index (χ4n) is 1.89. The third-order valence-electron chi connectivity index (χ3n) is 3.47. The van der Waals surface area contributed by atoms with Gasteiger partial charge in [-0.05, 0) is 30.5 Å². The Bertz CT molecular complexity index is 577. The SMILES string of the molecule is CCC(CC)CNS(=O)(=O)c1ccc(C)c(C(=O)O)c1. The molecular formula is C14H21NO4S. The smallest absolute Gasteiger partial charge is 0.335 e. The lowest BCUT2D eigenvalue weighted by atomic mass is 10.0. The Balaban J connectivity index is 2.98. The van der Waals surface area contributed by atoms with Crippen LogP contribution >= 0.6 is 0 Å². The van der Waals surface area contributed by atoms with Crippen LogP contribution in [0.5, 0.6) is 0 Å². The van der Waals surface area contributed by atoms with Crippen LogP contribution < -0.4 is 4.72 Å². The predicted molar refractivity (Wildman–Crippen MR) is 77.4 cm³/mol. The Labute approximate surface area is 120 Å². The van der Waals surface area contributed by atoms with Gasteiger partial charge < -0.3 is 5.11 Å². The highest BCUT2D eigenvalue weighted by Gasteiger charge is 2.18. The van der Waals surface area contributed by atoms with E-state index in [0.29, 0.717) is 12.1 Å². The number of hydrogen-bond acceptors (Lipinski definition) is 3. The van der Waals surface area contributed by atoms with Gasteiger partial charge in [0.15, 0.2) is 0 Å². The van der Waals surface area contributed by atoms with Crippen LogP contribution in [0.2, 0.25) is 0 Å². The number of carbonyl (C=O) groups is 1. The fraction of sp³-hybridized carbons (Fsp3) is 0.500. The predicted octanol–water partition coefficient (Wildman–Crippen LogP) is 2.41. The first-order chi connectivity index (χ1) is 9.31. The van der Waals surface area contributed by atoms with Crippen molar-refractivity contribution in [3.63, 3.8) is 0 Å². The highest BCUT2D eigenvalue weighted by molar-refractivity contribution is 7.89. The van der Waals surface area contributed by atoms with Crippen LogP contribution in [0.1, 0.15) is 42.6 Å². The molecule has 6 heteroatoms. The minimum Gasteiger partial charge on any atom is -0.478 e. The number of rotatable bonds is 7. The van der Waals surface area contributed by atoms with E-state index in [2.05, 4.69) is 4.72 Å². The first kappa shape index (κ1) is 16.7. The number of hydrogen-bond donors (Lipinski definition) is 2. The average Bonchev–Trinajstić information content (AvgIpc) is 2.39. The Kier molecular flexibility index (Phi) is 5.71. The van der Waals surface area contributed by atoms with E-state index in [9.17, 15) is 13.2 Å². The lowest BCUT2D eigenvalue weighted by Crippen LogP contribution is -2.29. The molecule has 0 radical (unpaired) electrons. The van der Waals surface area contributed by atoms with E-state index in [1.807, 2.05) is 13.8 Å². The van der Waals surface area contributed by atoms with E-state index in [1.165, 1.54) is 18.2 Å². The van der Waals surface area contributed by atoms with E-state index in [1.54, 1.807) is 6.92 Å². The number of benzene rings is 1. The number of sulfonamides is 1. The quantitative estimate of drug-likeness (QED) is 0.810. The van der Waals surface area contributed by atoms with Gasteiger partial charge in [-0.2, -0.15) is 0 Å². The number of carboxylic acid groups (broad SMARTS) is 1. The van der Waals surface area contributed by atoms with Gasteiger partial charge in [-0.1, -0.05) is 32.8 Å². The van der Waals surface area contributed by atoms with Crippen LogP contribution in [0.3, 0.4) is 0 Å². The van der Waals surface area contributed by atoms with Gasteiger partial charge in [-0.3, -0.25) is 0 Å².